The predicted octanol–water partition coefficient (Wildman–Crippen LogP) is 0.334. The van der Waals surface area contributed by atoms with Crippen molar-refractivity contribution in [1.82, 2.24) is 10.6 Å². The largest absolute Gasteiger partial charge is 0.459 e. The summed E-state index contributed by atoms with van der Waals surface area (Å²) in [6.07, 6.45) is 0. The number of ether oxygens (including phenoxy) is 1. The van der Waals surface area contributed by atoms with E-state index < -0.39 is 29.9 Å². The maximum atomic E-state index is 12.3. The molecule has 4 N–H and O–H groups in total. The van der Waals surface area contributed by atoms with Crippen molar-refractivity contribution in [3.63, 3.8) is 0 Å². The lowest BCUT2D eigenvalue weighted by Crippen LogP contribution is -2.54. The lowest BCUT2D eigenvalue weighted by molar-refractivity contribution is -0.149. The number of esters is 1. The molecular formula is C17H25N3O4. The fraction of sp³-hybridized carbons (Fsp3) is 0.471. The number of rotatable bonds is 8. The Kier molecular flexibility index (Phi) is 7.91. The van der Waals surface area contributed by atoms with E-state index in [1.165, 1.54) is 6.92 Å². The van der Waals surface area contributed by atoms with Gasteiger partial charge in [0.05, 0.1) is 6.54 Å². The molecule has 132 valence electrons. The second kappa shape index (κ2) is 9.67. The number of hydrogen-bond acceptors (Lipinski definition) is 5. The number of carbonyl (C=O) groups is 3. The minimum Gasteiger partial charge on any atom is -0.459 e. The van der Waals surface area contributed by atoms with E-state index in [0.29, 0.717) is 0 Å². The molecule has 0 heterocycles. The number of benzene rings is 1. The van der Waals surface area contributed by atoms with Crippen LogP contribution in [0.25, 0.3) is 0 Å². The summed E-state index contributed by atoms with van der Waals surface area (Å²) in [7, 11) is 0. The molecule has 0 aliphatic heterocycles. The summed E-state index contributed by atoms with van der Waals surface area (Å²) in [6, 6.07) is 7.67. The average molecular weight is 335 g/mol. The highest BCUT2D eigenvalue weighted by Gasteiger charge is 2.27. The summed E-state index contributed by atoms with van der Waals surface area (Å²) in [6.45, 7) is 5.05. The van der Waals surface area contributed by atoms with Crippen LogP contribution in [-0.4, -0.2) is 36.4 Å². The fourth-order valence-electron chi connectivity index (χ4n) is 1.98. The van der Waals surface area contributed by atoms with Gasteiger partial charge in [-0.15, -0.1) is 0 Å². The topological polar surface area (TPSA) is 111 Å². The van der Waals surface area contributed by atoms with Crippen molar-refractivity contribution in [3.05, 3.63) is 35.9 Å². The summed E-state index contributed by atoms with van der Waals surface area (Å²) in [5.74, 6) is -1.56. The molecule has 7 nitrogen and oxygen atoms in total. The normalized spacial score (nSPS) is 13.0. The van der Waals surface area contributed by atoms with Gasteiger partial charge in [-0.3, -0.25) is 9.59 Å². The molecule has 0 aliphatic carbocycles. The number of hydrogen-bond donors (Lipinski definition) is 3. The Labute approximate surface area is 141 Å². The van der Waals surface area contributed by atoms with Crippen LogP contribution in [0.5, 0.6) is 0 Å². The molecule has 0 aromatic heterocycles. The van der Waals surface area contributed by atoms with Gasteiger partial charge in [0.25, 0.3) is 0 Å². The quantitative estimate of drug-likeness (QED) is 0.593. The molecule has 1 aromatic rings. The van der Waals surface area contributed by atoms with Gasteiger partial charge >= 0.3 is 5.97 Å². The van der Waals surface area contributed by atoms with Crippen LogP contribution in [0.4, 0.5) is 0 Å². The third-order valence-electron chi connectivity index (χ3n) is 3.39. The van der Waals surface area contributed by atoms with Crippen LogP contribution in [0.1, 0.15) is 26.3 Å². The molecule has 0 radical (unpaired) electrons. The highest BCUT2D eigenvalue weighted by molar-refractivity contribution is 5.91. The van der Waals surface area contributed by atoms with E-state index in [1.807, 2.05) is 30.3 Å². The monoisotopic (exact) mass is 335 g/mol. The van der Waals surface area contributed by atoms with Gasteiger partial charge < -0.3 is 21.1 Å². The summed E-state index contributed by atoms with van der Waals surface area (Å²) < 4.78 is 5.17. The van der Waals surface area contributed by atoms with Gasteiger partial charge in [0, 0.05) is 0 Å². The summed E-state index contributed by atoms with van der Waals surface area (Å²) >= 11 is 0. The Hall–Kier alpha value is -2.41. The molecule has 0 spiro atoms. The Morgan fingerprint density at radius 3 is 2.25 bits per heavy atom. The summed E-state index contributed by atoms with van der Waals surface area (Å²) in [5, 5.41) is 5.10. The van der Waals surface area contributed by atoms with E-state index >= 15 is 0 Å². The van der Waals surface area contributed by atoms with Crippen molar-refractivity contribution in [3.8, 4) is 0 Å². The average Bonchev–Trinajstić information content (AvgIpc) is 2.57. The van der Waals surface area contributed by atoms with Crippen molar-refractivity contribution in [2.75, 3.05) is 6.54 Å². The van der Waals surface area contributed by atoms with Gasteiger partial charge in [0.1, 0.15) is 18.7 Å². The zero-order valence-corrected chi connectivity index (χ0v) is 14.2. The van der Waals surface area contributed by atoms with Crippen molar-refractivity contribution >= 4 is 17.8 Å². The van der Waals surface area contributed by atoms with Gasteiger partial charge in [0.2, 0.25) is 11.8 Å². The second-order valence-corrected chi connectivity index (χ2v) is 5.82. The van der Waals surface area contributed by atoms with Crippen molar-refractivity contribution in [1.29, 1.82) is 0 Å². The number of carbonyl (C=O) groups excluding carboxylic acids is 3. The molecule has 1 rings (SSSR count). The maximum absolute atomic E-state index is 12.3. The van der Waals surface area contributed by atoms with Gasteiger partial charge in [-0.05, 0) is 18.4 Å². The SMILES string of the molecule is CC(C)[C@H](NC(=O)CN)C(=O)N[C@@H](C)C(=O)OCc1ccccc1. The zero-order valence-electron chi connectivity index (χ0n) is 14.2. The smallest absolute Gasteiger partial charge is 0.328 e. The predicted molar refractivity (Wildman–Crippen MR) is 89.7 cm³/mol. The first kappa shape index (κ1) is 19.6. The van der Waals surface area contributed by atoms with Crippen LogP contribution < -0.4 is 16.4 Å². The number of nitrogens with one attached hydrogen (secondary N) is 2. The van der Waals surface area contributed by atoms with Crippen LogP contribution in [0.3, 0.4) is 0 Å². The Morgan fingerprint density at radius 1 is 1.08 bits per heavy atom. The maximum Gasteiger partial charge on any atom is 0.328 e. The first-order chi connectivity index (χ1) is 11.3. The zero-order chi connectivity index (χ0) is 18.1. The number of amides is 2. The van der Waals surface area contributed by atoms with Crippen LogP contribution in [-0.2, 0) is 25.7 Å². The summed E-state index contributed by atoms with van der Waals surface area (Å²) in [5.41, 5.74) is 6.11. The Balaban J connectivity index is 2.54. The standard InChI is InChI=1S/C17H25N3O4/c1-11(2)15(20-14(21)9-18)16(22)19-12(3)17(23)24-10-13-7-5-4-6-8-13/h4-8,11-12,15H,9-10,18H2,1-3H3,(H,19,22)(H,20,21)/t12-,15-/m0/s1. The molecule has 2 atom stereocenters. The molecule has 0 saturated carbocycles. The molecule has 7 heteroatoms. The highest BCUT2D eigenvalue weighted by atomic mass is 16.5. The van der Waals surface area contributed by atoms with Crippen molar-refractivity contribution < 1.29 is 19.1 Å². The molecule has 24 heavy (non-hydrogen) atoms. The lowest BCUT2D eigenvalue weighted by Gasteiger charge is -2.23. The van der Waals surface area contributed by atoms with E-state index in [9.17, 15) is 14.4 Å². The van der Waals surface area contributed by atoms with Crippen LogP contribution in [0.2, 0.25) is 0 Å². The lowest BCUT2D eigenvalue weighted by atomic mass is 10.0. The fourth-order valence-corrected chi connectivity index (χ4v) is 1.98. The van der Waals surface area contributed by atoms with E-state index in [4.69, 9.17) is 10.5 Å². The molecule has 0 bridgehead atoms. The van der Waals surface area contributed by atoms with Gasteiger partial charge in [-0.2, -0.15) is 0 Å². The van der Waals surface area contributed by atoms with Crippen molar-refractivity contribution in [2.24, 2.45) is 11.7 Å². The van der Waals surface area contributed by atoms with Gasteiger partial charge in [-0.25, -0.2) is 4.79 Å². The van der Waals surface area contributed by atoms with Crippen LogP contribution in [0.15, 0.2) is 30.3 Å². The minimum absolute atomic E-state index is 0.136. The van der Waals surface area contributed by atoms with E-state index in [-0.39, 0.29) is 19.1 Å². The first-order valence-corrected chi connectivity index (χ1v) is 7.85. The molecule has 0 aliphatic rings. The van der Waals surface area contributed by atoms with Crippen LogP contribution >= 0.6 is 0 Å². The molecule has 0 saturated heterocycles. The van der Waals surface area contributed by atoms with Gasteiger partial charge in [-0.1, -0.05) is 44.2 Å². The Morgan fingerprint density at radius 2 is 1.71 bits per heavy atom. The van der Waals surface area contributed by atoms with E-state index in [2.05, 4.69) is 10.6 Å². The molecule has 1 aromatic carbocycles. The minimum atomic E-state index is -0.822. The molecule has 2 amide bonds. The van der Waals surface area contributed by atoms with E-state index in [0.717, 1.165) is 5.56 Å². The van der Waals surface area contributed by atoms with E-state index in [1.54, 1.807) is 13.8 Å². The van der Waals surface area contributed by atoms with Crippen LogP contribution in [0, 0.1) is 5.92 Å². The molecule has 0 unspecified atom stereocenters. The van der Waals surface area contributed by atoms with Gasteiger partial charge in [0.15, 0.2) is 0 Å². The first-order valence-electron chi connectivity index (χ1n) is 7.85. The number of nitrogens with two attached hydrogens (primary N) is 1. The Bertz CT molecular complexity index is 560. The molecule has 0 fully saturated rings. The second-order valence-electron chi connectivity index (χ2n) is 5.82. The van der Waals surface area contributed by atoms with Crippen molar-refractivity contribution in [2.45, 2.75) is 39.5 Å². The third-order valence-corrected chi connectivity index (χ3v) is 3.39. The molecular weight excluding hydrogens is 310 g/mol. The summed E-state index contributed by atoms with van der Waals surface area (Å²) in [4.78, 5) is 35.6. The highest BCUT2D eigenvalue weighted by Crippen LogP contribution is 2.04. The third kappa shape index (κ3) is 6.37.